The second-order valence-electron chi connectivity index (χ2n) is 7.13. The quantitative estimate of drug-likeness (QED) is 0.675. The van der Waals surface area contributed by atoms with E-state index in [2.05, 4.69) is 22.3 Å². The molecule has 3 rings (SSSR count). The predicted molar refractivity (Wildman–Crippen MR) is 110 cm³/mol. The lowest BCUT2D eigenvalue weighted by Gasteiger charge is -2.28. The first-order valence-electron chi connectivity index (χ1n) is 9.90. The average molecular weight is 380 g/mol. The van der Waals surface area contributed by atoms with Gasteiger partial charge in [0.1, 0.15) is 5.75 Å². The number of carbonyl (C=O) groups excluding carboxylic acids is 2. The van der Waals surface area contributed by atoms with Gasteiger partial charge in [0.2, 0.25) is 5.91 Å². The lowest BCUT2D eigenvalue weighted by atomic mass is 10.0. The van der Waals surface area contributed by atoms with E-state index in [9.17, 15) is 9.59 Å². The smallest absolute Gasteiger partial charge is 0.220 e. The summed E-state index contributed by atoms with van der Waals surface area (Å²) in [6, 6.07) is 17.5. The topological polar surface area (TPSA) is 58.6 Å². The molecule has 0 bridgehead atoms. The van der Waals surface area contributed by atoms with Crippen LogP contribution in [0, 0.1) is 0 Å². The van der Waals surface area contributed by atoms with Crippen molar-refractivity contribution >= 4 is 11.7 Å². The van der Waals surface area contributed by atoms with E-state index >= 15 is 0 Å². The molecule has 0 aliphatic carbocycles. The molecule has 1 saturated heterocycles. The van der Waals surface area contributed by atoms with Gasteiger partial charge in [-0.25, -0.2) is 0 Å². The van der Waals surface area contributed by atoms with Gasteiger partial charge in [0.25, 0.3) is 0 Å². The third-order valence-electron chi connectivity index (χ3n) is 5.23. The first kappa shape index (κ1) is 20.1. The number of likely N-dealkylation sites (tertiary alicyclic amines) is 1. The number of amides is 1. The molecule has 1 aliphatic heterocycles. The molecule has 2 aromatic carbocycles. The number of nitrogens with zero attached hydrogens (tertiary/aromatic N) is 1. The molecule has 1 N–H and O–H groups in total. The van der Waals surface area contributed by atoms with E-state index < -0.39 is 0 Å². The van der Waals surface area contributed by atoms with Gasteiger partial charge in [0.15, 0.2) is 5.78 Å². The van der Waals surface area contributed by atoms with Gasteiger partial charge in [0, 0.05) is 24.9 Å². The number of hydrogen-bond acceptors (Lipinski definition) is 4. The van der Waals surface area contributed by atoms with Crippen LogP contribution in [0.5, 0.6) is 5.75 Å². The highest BCUT2D eigenvalue weighted by Gasteiger charge is 2.23. The summed E-state index contributed by atoms with van der Waals surface area (Å²) in [5.41, 5.74) is 1.79. The van der Waals surface area contributed by atoms with Crippen molar-refractivity contribution in [2.45, 2.75) is 31.7 Å². The van der Waals surface area contributed by atoms with Crippen LogP contribution in [0.4, 0.5) is 0 Å². The van der Waals surface area contributed by atoms with Crippen molar-refractivity contribution in [1.82, 2.24) is 10.2 Å². The van der Waals surface area contributed by atoms with E-state index in [1.807, 2.05) is 18.2 Å². The van der Waals surface area contributed by atoms with Crippen molar-refractivity contribution in [1.29, 1.82) is 0 Å². The first-order chi connectivity index (χ1) is 13.7. The minimum Gasteiger partial charge on any atom is -0.497 e. The highest BCUT2D eigenvalue weighted by atomic mass is 16.5. The third kappa shape index (κ3) is 5.42. The third-order valence-corrected chi connectivity index (χ3v) is 5.23. The van der Waals surface area contributed by atoms with Crippen LogP contribution in [-0.4, -0.2) is 43.3 Å². The molecular formula is C23H28N2O3. The zero-order valence-electron chi connectivity index (χ0n) is 16.4. The molecule has 1 amide bonds. The Bertz CT molecular complexity index is 785. The number of hydrogen-bond donors (Lipinski definition) is 1. The molecule has 148 valence electrons. The molecule has 1 unspecified atom stereocenters. The maximum absolute atomic E-state index is 12.3. The standard InChI is InChI=1S/C23H28N2O3/c1-28-20-11-7-10-19(16-20)22(26)12-13-23(27)24-17-21(25-14-5-6-15-25)18-8-3-2-4-9-18/h2-4,7-11,16,21H,5-6,12-15,17H2,1H3,(H,24,27). The van der Waals surface area contributed by atoms with Gasteiger partial charge < -0.3 is 10.1 Å². The van der Waals surface area contributed by atoms with Crippen LogP contribution in [0.1, 0.15) is 47.6 Å². The monoisotopic (exact) mass is 380 g/mol. The van der Waals surface area contributed by atoms with Crippen LogP contribution in [0.3, 0.4) is 0 Å². The second-order valence-corrected chi connectivity index (χ2v) is 7.13. The van der Waals surface area contributed by atoms with Gasteiger partial charge >= 0.3 is 0 Å². The van der Waals surface area contributed by atoms with E-state index in [4.69, 9.17) is 4.74 Å². The minimum absolute atomic E-state index is 0.0480. The van der Waals surface area contributed by atoms with Crippen molar-refractivity contribution in [3.63, 3.8) is 0 Å². The Labute approximate surface area is 166 Å². The molecule has 1 heterocycles. The van der Waals surface area contributed by atoms with Crippen LogP contribution in [-0.2, 0) is 4.79 Å². The number of rotatable bonds is 9. The summed E-state index contributed by atoms with van der Waals surface area (Å²) in [6.07, 6.45) is 2.79. The summed E-state index contributed by atoms with van der Waals surface area (Å²) in [4.78, 5) is 27.1. The average Bonchev–Trinajstić information content (AvgIpc) is 3.27. The van der Waals surface area contributed by atoms with Crippen LogP contribution < -0.4 is 10.1 Å². The summed E-state index contributed by atoms with van der Waals surface area (Å²) in [6.45, 7) is 2.68. The van der Waals surface area contributed by atoms with Crippen LogP contribution in [0.2, 0.25) is 0 Å². The van der Waals surface area contributed by atoms with E-state index in [-0.39, 0.29) is 30.6 Å². The Hall–Kier alpha value is -2.66. The zero-order chi connectivity index (χ0) is 19.8. The number of ether oxygens (including phenoxy) is 1. The van der Waals surface area contributed by atoms with Gasteiger partial charge in [-0.05, 0) is 43.6 Å². The lowest BCUT2D eigenvalue weighted by molar-refractivity contribution is -0.121. The van der Waals surface area contributed by atoms with Crippen molar-refractivity contribution in [2.24, 2.45) is 0 Å². The first-order valence-corrected chi connectivity index (χ1v) is 9.90. The lowest BCUT2D eigenvalue weighted by Crippen LogP contribution is -2.36. The fraction of sp³-hybridized carbons (Fsp3) is 0.391. The summed E-state index contributed by atoms with van der Waals surface area (Å²) in [5, 5.41) is 3.03. The van der Waals surface area contributed by atoms with Crippen molar-refractivity contribution < 1.29 is 14.3 Å². The minimum atomic E-state index is -0.0867. The molecular weight excluding hydrogens is 352 g/mol. The van der Waals surface area contributed by atoms with Crippen LogP contribution in [0.25, 0.3) is 0 Å². The number of carbonyl (C=O) groups is 2. The number of ketones is 1. The maximum atomic E-state index is 12.3. The molecule has 1 fully saturated rings. The van der Waals surface area contributed by atoms with Gasteiger partial charge in [-0.3, -0.25) is 14.5 Å². The van der Waals surface area contributed by atoms with Crippen LogP contribution in [0.15, 0.2) is 54.6 Å². The van der Waals surface area contributed by atoms with Crippen molar-refractivity contribution in [2.75, 3.05) is 26.7 Å². The molecule has 28 heavy (non-hydrogen) atoms. The number of Topliss-reactive ketones (excluding diaryl/α,β-unsaturated/α-hetero) is 1. The normalized spacial score (nSPS) is 15.2. The van der Waals surface area contributed by atoms with Crippen molar-refractivity contribution in [3.05, 3.63) is 65.7 Å². The number of methoxy groups -OCH3 is 1. The van der Waals surface area contributed by atoms with Crippen LogP contribution >= 0.6 is 0 Å². The largest absolute Gasteiger partial charge is 0.497 e. The molecule has 1 atom stereocenters. The molecule has 5 nitrogen and oxygen atoms in total. The predicted octanol–water partition coefficient (Wildman–Crippen LogP) is 3.61. The SMILES string of the molecule is COc1cccc(C(=O)CCC(=O)NCC(c2ccccc2)N2CCCC2)c1. The Kier molecular flexibility index (Phi) is 7.20. The molecule has 2 aromatic rings. The maximum Gasteiger partial charge on any atom is 0.220 e. The summed E-state index contributed by atoms with van der Waals surface area (Å²) >= 11 is 0. The second kappa shape index (κ2) is 10.0. The Morgan fingerprint density at radius 1 is 1.04 bits per heavy atom. The summed E-state index contributed by atoms with van der Waals surface area (Å²) in [7, 11) is 1.57. The zero-order valence-corrected chi connectivity index (χ0v) is 16.4. The fourth-order valence-corrected chi connectivity index (χ4v) is 3.65. The molecule has 0 saturated carbocycles. The number of benzene rings is 2. The Balaban J connectivity index is 1.52. The fourth-order valence-electron chi connectivity index (χ4n) is 3.65. The Morgan fingerprint density at radius 3 is 2.50 bits per heavy atom. The molecule has 0 spiro atoms. The molecule has 5 heteroatoms. The van der Waals surface area contributed by atoms with Gasteiger partial charge in [0.05, 0.1) is 13.2 Å². The molecule has 0 radical (unpaired) electrons. The molecule has 1 aliphatic rings. The van der Waals surface area contributed by atoms with E-state index in [1.165, 1.54) is 18.4 Å². The van der Waals surface area contributed by atoms with E-state index in [0.717, 1.165) is 13.1 Å². The summed E-state index contributed by atoms with van der Waals surface area (Å²) in [5.74, 6) is 0.510. The van der Waals surface area contributed by atoms with Crippen molar-refractivity contribution in [3.8, 4) is 5.75 Å². The Morgan fingerprint density at radius 2 is 1.79 bits per heavy atom. The summed E-state index contributed by atoms with van der Waals surface area (Å²) < 4.78 is 5.15. The van der Waals surface area contributed by atoms with Gasteiger partial charge in [-0.1, -0.05) is 42.5 Å². The van der Waals surface area contributed by atoms with E-state index in [1.54, 1.807) is 31.4 Å². The highest BCUT2D eigenvalue weighted by molar-refractivity contribution is 5.98. The number of nitrogens with one attached hydrogen (secondary N) is 1. The van der Waals surface area contributed by atoms with E-state index in [0.29, 0.717) is 17.9 Å². The highest BCUT2D eigenvalue weighted by Crippen LogP contribution is 2.24. The van der Waals surface area contributed by atoms with Gasteiger partial charge in [-0.15, -0.1) is 0 Å². The molecule has 0 aromatic heterocycles. The van der Waals surface area contributed by atoms with Gasteiger partial charge in [-0.2, -0.15) is 0 Å².